The van der Waals surface area contributed by atoms with Crippen molar-refractivity contribution in [2.24, 2.45) is 0 Å². The van der Waals surface area contributed by atoms with Gasteiger partial charge in [-0.2, -0.15) is 0 Å². The van der Waals surface area contributed by atoms with E-state index in [9.17, 15) is 4.79 Å². The van der Waals surface area contributed by atoms with Gasteiger partial charge in [0.25, 0.3) is 0 Å². The zero-order chi connectivity index (χ0) is 17.5. The molecule has 1 heterocycles. The van der Waals surface area contributed by atoms with E-state index in [-0.39, 0.29) is 5.76 Å². The average molecular weight is 332 g/mol. The summed E-state index contributed by atoms with van der Waals surface area (Å²) in [6.45, 7) is 0. The molecule has 3 heteroatoms. The van der Waals surface area contributed by atoms with E-state index in [1.807, 2.05) is 48.5 Å². The second-order valence-corrected chi connectivity index (χ2v) is 5.69. The first kappa shape index (κ1) is 16.8. The van der Waals surface area contributed by atoms with Crippen LogP contribution in [0.1, 0.15) is 21.7 Å². The number of methoxy groups -OCH3 is 1. The van der Waals surface area contributed by atoms with Crippen LogP contribution < -0.4 is 0 Å². The number of rotatable bonds is 6. The summed E-state index contributed by atoms with van der Waals surface area (Å²) in [4.78, 5) is 12.0. The summed E-state index contributed by atoms with van der Waals surface area (Å²) in [7, 11) is 1.36. The van der Waals surface area contributed by atoms with Crippen LogP contribution in [0.2, 0.25) is 0 Å². The van der Waals surface area contributed by atoms with Crippen LogP contribution in [-0.2, 0) is 17.6 Å². The van der Waals surface area contributed by atoms with Gasteiger partial charge in [0.2, 0.25) is 5.76 Å². The first-order valence-electron chi connectivity index (χ1n) is 8.22. The molecule has 1 aromatic heterocycles. The molecular formula is C22H20O3. The number of allylic oxidation sites excluding steroid dienone is 2. The molecule has 25 heavy (non-hydrogen) atoms. The number of ether oxygens (including phenoxy) is 1. The topological polar surface area (TPSA) is 39.4 Å². The van der Waals surface area contributed by atoms with E-state index in [0.717, 1.165) is 23.1 Å². The minimum absolute atomic E-state index is 0.250. The third kappa shape index (κ3) is 4.07. The lowest BCUT2D eigenvalue weighted by molar-refractivity contribution is 0.0566. The third-order valence-electron chi connectivity index (χ3n) is 4.00. The molecule has 3 rings (SSSR count). The highest BCUT2D eigenvalue weighted by atomic mass is 16.5. The van der Waals surface area contributed by atoms with E-state index in [1.165, 1.54) is 12.7 Å². The molecule has 0 fully saturated rings. The van der Waals surface area contributed by atoms with Crippen molar-refractivity contribution < 1.29 is 13.9 Å². The fraction of sp³-hybridized carbons (Fsp3) is 0.136. The highest BCUT2D eigenvalue weighted by molar-refractivity contribution is 5.95. The molecule has 0 saturated carbocycles. The summed E-state index contributed by atoms with van der Waals surface area (Å²) in [5, 5.41) is 0. The molecule has 0 aliphatic carbocycles. The van der Waals surface area contributed by atoms with Gasteiger partial charge in [-0.1, -0.05) is 72.8 Å². The molecule has 0 saturated heterocycles. The highest BCUT2D eigenvalue weighted by Crippen LogP contribution is 2.30. The number of hydrogen-bond donors (Lipinski definition) is 0. The summed E-state index contributed by atoms with van der Waals surface area (Å²) in [5.74, 6) is -0.210. The predicted octanol–water partition coefficient (Wildman–Crippen LogP) is 5.07. The van der Waals surface area contributed by atoms with Crippen molar-refractivity contribution in [1.82, 2.24) is 0 Å². The van der Waals surface area contributed by atoms with Crippen LogP contribution in [0, 0.1) is 0 Å². The monoisotopic (exact) mass is 332 g/mol. The van der Waals surface area contributed by atoms with Crippen LogP contribution in [0.4, 0.5) is 0 Å². The number of carbonyl (C=O) groups excluding carboxylic acids is 1. The van der Waals surface area contributed by atoms with E-state index in [0.29, 0.717) is 6.42 Å². The van der Waals surface area contributed by atoms with Crippen LogP contribution in [-0.4, -0.2) is 13.1 Å². The summed E-state index contributed by atoms with van der Waals surface area (Å²) in [6.07, 6.45) is 7.45. The summed E-state index contributed by atoms with van der Waals surface area (Å²) < 4.78 is 10.4. The molecule has 0 aliphatic rings. The third-order valence-corrected chi connectivity index (χ3v) is 4.00. The Kier molecular flexibility index (Phi) is 5.47. The molecule has 0 amide bonds. The molecule has 3 aromatic rings. The first-order chi connectivity index (χ1) is 12.3. The molecule has 3 nitrogen and oxygen atoms in total. The van der Waals surface area contributed by atoms with E-state index < -0.39 is 5.97 Å². The Hall–Kier alpha value is -3.07. The van der Waals surface area contributed by atoms with Crippen LogP contribution in [0.25, 0.3) is 11.1 Å². The van der Waals surface area contributed by atoms with Gasteiger partial charge in [-0.05, 0) is 24.0 Å². The number of benzene rings is 2. The minimum atomic E-state index is -0.460. The normalized spacial score (nSPS) is 10.9. The second kappa shape index (κ2) is 8.15. The Labute approximate surface area is 147 Å². The van der Waals surface area contributed by atoms with Gasteiger partial charge in [0.1, 0.15) is 0 Å². The Morgan fingerprint density at radius 1 is 0.960 bits per heavy atom. The lowest BCUT2D eigenvalue weighted by Crippen LogP contribution is -2.01. The number of furan rings is 1. The molecule has 0 radical (unpaired) electrons. The standard InChI is InChI=1S/C22H20O3/c1-24-22(23)21-20(18-13-6-3-7-14-18)19(16-25-21)15-9-8-12-17-10-4-2-5-11-17/h2-11,13-14,16H,12,15H2,1H3. The second-order valence-electron chi connectivity index (χ2n) is 5.69. The Balaban J connectivity index is 1.81. The van der Waals surface area contributed by atoms with Gasteiger partial charge >= 0.3 is 5.97 Å². The fourth-order valence-electron chi connectivity index (χ4n) is 2.75. The van der Waals surface area contributed by atoms with Gasteiger partial charge in [-0.15, -0.1) is 0 Å². The molecular weight excluding hydrogens is 312 g/mol. The zero-order valence-electron chi connectivity index (χ0n) is 14.1. The van der Waals surface area contributed by atoms with Gasteiger partial charge in [-0.25, -0.2) is 4.79 Å². The van der Waals surface area contributed by atoms with Crippen LogP contribution in [0.15, 0.2) is 83.5 Å². The van der Waals surface area contributed by atoms with Crippen LogP contribution in [0.5, 0.6) is 0 Å². The summed E-state index contributed by atoms with van der Waals surface area (Å²) >= 11 is 0. The smallest absolute Gasteiger partial charge is 0.374 e. The maximum absolute atomic E-state index is 12.0. The van der Waals surface area contributed by atoms with Crippen molar-refractivity contribution in [3.05, 3.63) is 96.0 Å². The fourth-order valence-corrected chi connectivity index (χ4v) is 2.75. The minimum Gasteiger partial charge on any atom is -0.463 e. The van der Waals surface area contributed by atoms with E-state index in [1.54, 1.807) is 6.26 Å². The van der Waals surface area contributed by atoms with Crippen molar-refractivity contribution >= 4 is 5.97 Å². The summed E-state index contributed by atoms with van der Waals surface area (Å²) in [6, 6.07) is 20.1. The zero-order valence-corrected chi connectivity index (χ0v) is 14.1. The van der Waals surface area contributed by atoms with E-state index in [4.69, 9.17) is 9.15 Å². The van der Waals surface area contributed by atoms with Gasteiger partial charge < -0.3 is 9.15 Å². The number of carbonyl (C=O) groups is 1. The van der Waals surface area contributed by atoms with Gasteiger partial charge in [0, 0.05) is 11.1 Å². The molecule has 0 spiro atoms. The van der Waals surface area contributed by atoms with Crippen LogP contribution in [0.3, 0.4) is 0 Å². The highest BCUT2D eigenvalue weighted by Gasteiger charge is 2.21. The van der Waals surface area contributed by atoms with Crippen LogP contribution >= 0.6 is 0 Å². The molecule has 0 unspecified atom stereocenters. The Morgan fingerprint density at radius 3 is 2.28 bits per heavy atom. The largest absolute Gasteiger partial charge is 0.463 e. The van der Waals surface area contributed by atoms with E-state index >= 15 is 0 Å². The molecule has 0 aliphatic heterocycles. The van der Waals surface area contributed by atoms with Crippen molar-refractivity contribution in [2.75, 3.05) is 7.11 Å². The van der Waals surface area contributed by atoms with E-state index in [2.05, 4.69) is 24.3 Å². The predicted molar refractivity (Wildman–Crippen MR) is 98.5 cm³/mol. The Bertz CT molecular complexity index is 845. The van der Waals surface area contributed by atoms with Crippen molar-refractivity contribution in [3.8, 4) is 11.1 Å². The van der Waals surface area contributed by atoms with Gasteiger partial charge in [0.05, 0.1) is 13.4 Å². The molecule has 0 N–H and O–H groups in total. The van der Waals surface area contributed by atoms with Gasteiger partial charge in [0.15, 0.2) is 0 Å². The molecule has 0 atom stereocenters. The van der Waals surface area contributed by atoms with Gasteiger partial charge in [-0.3, -0.25) is 0 Å². The van der Waals surface area contributed by atoms with Crippen molar-refractivity contribution in [2.45, 2.75) is 12.8 Å². The lowest BCUT2D eigenvalue weighted by Gasteiger charge is -2.04. The SMILES string of the molecule is COC(=O)c1occ(CC=CCc2ccccc2)c1-c1ccccc1. The van der Waals surface area contributed by atoms with Crippen molar-refractivity contribution in [3.63, 3.8) is 0 Å². The quantitative estimate of drug-likeness (QED) is 0.467. The first-order valence-corrected chi connectivity index (χ1v) is 8.22. The maximum Gasteiger partial charge on any atom is 0.374 e. The Morgan fingerprint density at radius 2 is 1.60 bits per heavy atom. The molecule has 0 bridgehead atoms. The molecule has 2 aromatic carbocycles. The lowest BCUT2D eigenvalue weighted by atomic mass is 9.99. The maximum atomic E-state index is 12.0. The number of hydrogen-bond acceptors (Lipinski definition) is 3. The van der Waals surface area contributed by atoms with Crippen molar-refractivity contribution in [1.29, 1.82) is 0 Å². The average Bonchev–Trinajstić information content (AvgIpc) is 3.10. The summed E-state index contributed by atoms with van der Waals surface area (Å²) in [5.41, 5.74) is 3.99. The number of esters is 1. The molecule has 126 valence electrons.